The molecule has 2 amide bonds. The highest BCUT2D eigenvalue weighted by molar-refractivity contribution is 7.92. The highest BCUT2D eigenvalue weighted by atomic mass is 32.2. The van der Waals surface area contributed by atoms with Gasteiger partial charge in [0.25, 0.3) is 15.9 Å². The molecule has 0 unspecified atom stereocenters. The normalized spacial score (nSPS) is 10.9. The number of unbranched alkanes of at least 4 members (excludes halogenated alkanes) is 1. The number of nitrogens with one attached hydrogen (secondary N) is 2. The maximum Gasteiger partial charge on any atom is 0.413 e. The Morgan fingerprint density at radius 2 is 2.08 bits per heavy atom. The lowest BCUT2D eigenvalue weighted by Crippen LogP contribution is -2.30. The predicted octanol–water partition coefficient (Wildman–Crippen LogP) is 2.15. The van der Waals surface area contributed by atoms with Crippen LogP contribution in [0.2, 0.25) is 0 Å². The third-order valence-electron chi connectivity index (χ3n) is 2.98. The Bertz CT molecular complexity index is 817. The van der Waals surface area contributed by atoms with E-state index in [1.807, 2.05) is 11.6 Å². The van der Waals surface area contributed by atoms with E-state index < -0.39 is 22.0 Å². The molecule has 2 aromatic heterocycles. The van der Waals surface area contributed by atoms with Gasteiger partial charge in [-0.1, -0.05) is 19.4 Å². The maximum atomic E-state index is 12.0. The lowest BCUT2D eigenvalue weighted by Gasteiger charge is -2.07. The van der Waals surface area contributed by atoms with Crippen molar-refractivity contribution in [3.8, 4) is 5.88 Å². The summed E-state index contributed by atoms with van der Waals surface area (Å²) < 4.78 is 30.9. The molecular weight excluding hydrogens is 366 g/mol. The first-order chi connectivity index (χ1) is 11.9. The summed E-state index contributed by atoms with van der Waals surface area (Å²) in [5.74, 6) is -0.813. The van der Waals surface area contributed by atoms with E-state index in [1.54, 1.807) is 11.4 Å². The molecular formula is C15H17N3O5S2. The molecule has 0 saturated carbocycles. The summed E-state index contributed by atoms with van der Waals surface area (Å²) >= 11 is 1.00. The number of nitrogens with zero attached hydrogens (tertiary/aromatic N) is 1. The van der Waals surface area contributed by atoms with E-state index in [1.165, 1.54) is 18.2 Å². The van der Waals surface area contributed by atoms with Crippen molar-refractivity contribution in [2.24, 2.45) is 0 Å². The van der Waals surface area contributed by atoms with E-state index in [0.717, 1.165) is 30.4 Å². The SMILES string of the molecule is CCCCNC(=O)Oc1ccc(C(=O)NS(=O)(=O)c2cccs2)cn1. The number of pyridine rings is 1. The summed E-state index contributed by atoms with van der Waals surface area (Å²) in [7, 11) is -3.91. The molecule has 0 aliphatic rings. The van der Waals surface area contributed by atoms with Crippen LogP contribution in [0.15, 0.2) is 40.1 Å². The smallest absolute Gasteiger partial charge is 0.391 e. The van der Waals surface area contributed by atoms with Gasteiger partial charge in [-0.25, -0.2) is 22.9 Å². The summed E-state index contributed by atoms with van der Waals surface area (Å²) in [6.07, 6.45) is 2.27. The fraction of sp³-hybridized carbons (Fsp3) is 0.267. The topological polar surface area (TPSA) is 114 Å². The minimum atomic E-state index is -3.91. The first-order valence-electron chi connectivity index (χ1n) is 7.45. The molecule has 2 N–H and O–H groups in total. The fourth-order valence-corrected chi connectivity index (χ4v) is 3.69. The van der Waals surface area contributed by atoms with Crippen molar-refractivity contribution in [1.29, 1.82) is 0 Å². The van der Waals surface area contributed by atoms with Crippen molar-refractivity contribution >= 4 is 33.4 Å². The van der Waals surface area contributed by atoms with E-state index in [-0.39, 0.29) is 15.7 Å². The zero-order chi connectivity index (χ0) is 18.3. The van der Waals surface area contributed by atoms with Gasteiger partial charge in [0.1, 0.15) is 4.21 Å². The number of aromatic nitrogens is 1. The number of ether oxygens (including phenoxy) is 1. The average Bonchev–Trinajstić information content (AvgIpc) is 3.11. The molecule has 0 aliphatic carbocycles. The van der Waals surface area contributed by atoms with E-state index in [9.17, 15) is 18.0 Å². The quantitative estimate of drug-likeness (QED) is 0.708. The van der Waals surface area contributed by atoms with Crippen molar-refractivity contribution in [1.82, 2.24) is 15.0 Å². The van der Waals surface area contributed by atoms with Crippen LogP contribution in [0.5, 0.6) is 5.88 Å². The second-order valence-corrected chi connectivity index (χ2v) is 7.78. The third kappa shape index (κ3) is 5.54. The Balaban J connectivity index is 1.95. The minimum absolute atomic E-state index is 0.00617. The first kappa shape index (κ1) is 18.9. The first-order valence-corrected chi connectivity index (χ1v) is 9.81. The molecule has 0 fully saturated rings. The Morgan fingerprint density at radius 1 is 1.28 bits per heavy atom. The van der Waals surface area contributed by atoms with Gasteiger partial charge >= 0.3 is 6.09 Å². The second kappa shape index (κ2) is 8.58. The highest BCUT2D eigenvalue weighted by Crippen LogP contribution is 2.16. The van der Waals surface area contributed by atoms with Crippen LogP contribution in [-0.2, 0) is 10.0 Å². The fourth-order valence-electron chi connectivity index (χ4n) is 1.72. The van der Waals surface area contributed by atoms with Crippen LogP contribution in [0.3, 0.4) is 0 Å². The van der Waals surface area contributed by atoms with Gasteiger partial charge in [0.2, 0.25) is 5.88 Å². The Hall–Kier alpha value is -2.46. The summed E-state index contributed by atoms with van der Waals surface area (Å²) in [4.78, 5) is 27.3. The summed E-state index contributed by atoms with van der Waals surface area (Å²) in [5.41, 5.74) is 0.0267. The van der Waals surface area contributed by atoms with Gasteiger partial charge < -0.3 is 10.1 Å². The summed E-state index contributed by atoms with van der Waals surface area (Å²) in [5, 5.41) is 4.15. The molecule has 25 heavy (non-hydrogen) atoms. The number of hydrogen-bond acceptors (Lipinski definition) is 7. The monoisotopic (exact) mass is 383 g/mol. The van der Waals surface area contributed by atoms with Gasteiger partial charge in [-0.05, 0) is 23.9 Å². The molecule has 0 saturated heterocycles. The van der Waals surface area contributed by atoms with Crippen molar-refractivity contribution < 1.29 is 22.7 Å². The molecule has 0 atom stereocenters. The highest BCUT2D eigenvalue weighted by Gasteiger charge is 2.20. The number of hydrogen-bond donors (Lipinski definition) is 2. The van der Waals surface area contributed by atoms with Crippen molar-refractivity contribution in [2.45, 2.75) is 24.0 Å². The van der Waals surface area contributed by atoms with Gasteiger partial charge in [0.05, 0.1) is 5.56 Å². The number of thiophene rings is 1. The lowest BCUT2D eigenvalue weighted by molar-refractivity contribution is 0.0981. The molecule has 0 bridgehead atoms. The number of carbonyl (C=O) groups excluding carboxylic acids is 2. The number of amides is 2. The maximum absolute atomic E-state index is 12.0. The molecule has 2 aromatic rings. The molecule has 0 aliphatic heterocycles. The van der Waals surface area contributed by atoms with Gasteiger partial charge in [-0.2, -0.15) is 0 Å². The molecule has 0 spiro atoms. The average molecular weight is 383 g/mol. The molecule has 2 rings (SSSR count). The molecule has 0 aromatic carbocycles. The Labute approximate surface area is 149 Å². The van der Waals surface area contributed by atoms with Crippen molar-refractivity contribution in [2.75, 3.05) is 6.54 Å². The molecule has 2 heterocycles. The molecule has 8 nitrogen and oxygen atoms in total. The van der Waals surface area contributed by atoms with Gasteiger partial charge in [-0.15, -0.1) is 11.3 Å². The van der Waals surface area contributed by atoms with Gasteiger partial charge in [0, 0.05) is 18.8 Å². The summed E-state index contributed by atoms with van der Waals surface area (Å²) in [6.45, 7) is 2.49. The minimum Gasteiger partial charge on any atom is -0.391 e. The molecule has 134 valence electrons. The van der Waals surface area contributed by atoms with Gasteiger partial charge in [-0.3, -0.25) is 4.79 Å². The Kier molecular flexibility index (Phi) is 6.48. The molecule has 10 heteroatoms. The van der Waals surface area contributed by atoms with Crippen LogP contribution in [0.1, 0.15) is 30.1 Å². The van der Waals surface area contributed by atoms with E-state index in [4.69, 9.17) is 4.74 Å². The predicted molar refractivity (Wildman–Crippen MR) is 92.1 cm³/mol. The number of carbonyl (C=O) groups is 2. The van der Waals surface area contributed by atoms with E-state index in [0.29, 0.717) is 6.54 Å². The standard InChI is InChI=1S/C15H17N3O5S2/c1-2-3-8-16-15(20)23-12-7-6-11(10-17-12)14(19)18-25(21,22)13-5-4-9-24-13/h4-7,9-10H,2-3,8H2,1H3,(H,16,20)(H,18,19). The van der Waals surface area contributed by atoms with Crippen LogP contribution in [0.4, 0.5) is 4.79 Å². The zero-order valence-electron chi connectivity index (χ0n) is 13.4. The number of sulfonamides is 1. The summed E-state index contributed by atoms with van der Waals surface area (Å²) in [6, 6.07) is 5.60. The lowest BCUT2D eigenvalue weighted by atomic mass is 10.3. The van der Waals surface area contributed by atoms with Crippen molar-refractivity contribution in [3.05, 3.63) is 41.4 Å². The molecule has 0 radical (unpaired) electrons. The van der Waals surface area contributed by atoms with Crippen LogP contribution < -0.4 is 14.8 Å². The third-order valence-corrected chi connectivity index (χ3v) is 5.71. The van der Waals surface area contributed by atoms with Gasteiger partial charge in [0.15, 0.2) is 0 Å². The van der Waals surface area contributed by atoms with Crippen LogP contribution in [0.25, 0.3) is 0 Å². The van der Waals surface area contributed by atoms with Crippen LogP contribution in [-0.4, -0.2) is 31.9 Å². The van der Waals surface area contributed by atoms with E-state index >= 15 is 0 Å². The number of rotatable bonds is 7. The van der Waals surface area contributed by atoms with Crippen LogP contribution >= 0.6 is 11.3 Å². The largest absolute Gasteiger partial charge is 0.413 e. The Morgan fingerprint density at radius 3 is 2.68 bits per heavy atom. The second-order valence-electron chi connectivity index (χ2n) is 4.92. The zero-order valence-corrected chi connectivity index (χ0v) is 15.0. The van der Waals surface area contributed by atoms with Crippen molar-refractivity contribution in [3.63, 3.8) is 0 Å². The van der Waals surface area contributed by atoms with E-state index in [2.05, 4.69) is 10.3 Å². The van der Waals surface area contributed by atoms with Crippen LogP contribution in [0, 0.1) is 0 Å².